The molecule has 2 heterocycles. The Morgan fingerprint density at radius 1 is 0.534 bits per heavy atom. The number of pyridine rings is 2. The highest BCUT2D eigenvalue weighted by Crippen LogP contribution is 2.36. The van der Waals surface area contributed by atoms with Crippen LogP contribution in [0.3, 0.4) is 0 Å². The zero-order valence-electron chi connectivity index (χ0n) is 28.9. The normalized spacial score (nSPS) is 11.2. The molecule has 0 saturated heterocycles. The first-order valence-corrected chi connectivity index (χ1v) is 16.7. The lowest BCUT2D eigenvalue weighted by Gasteiger charge is -2.17. The molecule has 0 spiro atoms. The molecule has 0 aliphatic carbocycles. The van der Waals surface area contributed by atoms with Crippen LogP contribution < -0.4 is 20.1 Å². The number of nitrogens with one attached hydrogen (secondary N) is 2. The first-order chi connectivity index (χ1) is 27.1. The summed E-state index contributed by atoms with van der Waals surface area (Å²) in [5.74, 6) is -6.84. The van der Waals surface area contributed by atoms with Gasteiger partial charge in [0.05, 0.1) is 33.4 Å². The van der Waals surface area contributed by atoms with Crippen molar-refractivity contribution in [3.05, 3.63) is 82.8 Å². The molecule has 2 aromatic heterocycles. The summed E-state index contributed by atoms with van der Waals surface area (Å²) in [6.07, 6.45) is -10.2. The molecule has 4 aromatic carbocycles. The van der Waals surface area contributed by atoms with Gasteiger partial charge in [-0.2, -0.15) is 26.3 Å². The van der Waals surface area contributed by atoms with E-state index in [1.807, 2.05) is 12.1 Å². The number of halogens is 8. The van der Waals surface area contributed by atoms with Gasteiger partial charge >= 0.3 is 36.2 Å². The molecular weight excluding hydrogens is 833 g/mol. The van der Waals surface area contributed by atoms with E-state index in [1.54, 1.807) is 60.7 Å². The minimum Gasteiger partial charge on any atom is -0.482 e. The summed E-state index contributed by atoms with van der Waals surface area (Å²) in [5.41, 5.74) is 4.38. The van der Waals surface area contributed by atoms with E-state index in [2.05, 4.69) is 10.6 Å². The number of aromatic nitrogens is 2. The van der Waals surface area contributed by atoms with Gasteiger partial charge in [0.1, 0.15) is 11.5 Å². The number of anilines is 2. The predicted octanol–water partition coefficient (Wildman–Crippen LogP) is 8.11. The standard InChI is InChI=1S/C32H24Cl2N4O6.2C2HF3O2/c33-17-1-5-21-27(11-17)37-25-7-3-19(43-15-29(39)40)13-23(25)31(21)35-9-10-36-32-22-6-2-18(34)12-28(22)38-26-8-4-20(14-24(26)32)44-16-30(41)42;2*3-2(4,5)1(6)7/h1-8,11-14H,9-10,15-16H2,(H,35,37)(H,36,38)(H,39,40)(H,41,42);2*(H,6,7). The van der Waals surface area contributed by atoms with Gasteiger partial charge in [-0.05, 0) is 72.8 Å². The maximum atomic E-state index is 11.0. The number of carbonyl (C=O) groups is 4. The number of benzene rings is 4. The highest BCUT2D eigenvalue weighted by Gasteiger charge is 2.38. The fourth-order valence-electron chi connectivity index (χ4n) is 5.02. The van der Waals surface area contributed by atoms with Gasteiger partial charge in [0, 0.05) is 44.7 Å². The fourth-order valence-corrected chi connectivity index (χ4v) is 5.35. The van der Waals surface area contributed by atoms with Gasteiger partial charge in [0.25, 0.3) is 0 Å². The number of fused-ring (bicyclic) bond motifs is 4. The van der Waals surface area contributed by atoms with Gasteiger partial charge in [-0.25, -0.2) is 29.1 Å². The van der Waals surface area contributed by atoms with Crippen molar-refractivity contribution in [1.29, 1.82) is 0 Å². The van der Waals surface area contributed by atoms with Gasteiger partial charge < -0.3 is 40.5 Å². The summed E-state index contributed by atoms with van der Waals surface area (Å²) in [7, 11) is 0. The second-order valence-electron chi connectivity index (χ2n) is 11.5. The number of rotatable bonds is 11. The molecule has 0 aliphatic heterocycles. The van der Waals surface area contributed by atoms with Crippen molar-refractivity contribution in [2.45, 2.75) is 12.4 Å². The third-order valence-electron chi connectivity index (χ3n) is 7.35. The molecule has 0 bridgehead atoms. The topological polar surface area (TPSA) is 217 Å². The second-order valence-corrected chi connectivity index (χ2v) is 12.4. The number of ether oxygens (including phenoxy) is 2. The zero-order chi connectivity index (χ0) is 42.9. The summed E-state index contributed by atoms with van der Waals surface area (Å²) >= 11 is 12.5. The van der Waals surface area contributed by atoms with Gasteiger partial charge in [0.15, 0.2) is 13.2 Å². The SMILES string of the molecule is O=C(O)C(F)(F)F.O=C(O)C(F)(F)F.O=C(O)COc1ccc2nc3cc(Cl)ccc3c(NCCNc3c4ccc(Cl)cc4nc4ccc(OCC(=O)O)cc34)c2c1. The maximum absolute atomic E-state index is 11.0. The van der Waals surface area contributed by atoms with Crippen LogP contribution in [0.5, 0.6) is 11.5 Å². The van der Waals surface area contributed by atoms with Crippen LogP contribution in [0.4, 0.5) is 37.7 Å². The number of aliphatic carboxylic acids is 4. The summed E-state index contributed by atoms with van der Waals surface area (Å²) in [4.78, 5) is 49.4. The Labute approximate surface area is 330 Å². The summed E-state index contributed by atoms with van der Waals surface area (Å²) < 4.78 is 74.3. The molecule has 0 aliphatic rings. The van der Waals surface area contributed by atoms with Gasteiger partial charge in [0.2, 0.25) is 0 Å². The van der Waals surface area contributed by atoms with Gasteiger partial charge in [-0.3, -0.25) is 0 Å². The van der Waals surface area contributed by atoms with E-state index < -0.39 is 49.4 Å². The summed E-state index contributed by atoms with van der Waals surface area (Å²) in [5, 5.41) is 43.7. The van der Waals surface area contributed by atoms with E-state index in [0.717, 1.165) is 32.9 Å². The number of hydrogen-bond acceptors (Lipinski definition) is 10. The monoisotopic (exact) mass is 858 g/mol. The number of carboxylic acid groups (broad SMARTS) is 4. The number of nitrogens with zero attached hydrogens (tertiary/aromatic N) is 2. The molecule has 0 amide bonds. The molecule has 0 fully saturated rings. The maximum Gasteiger partial charge on any atom is 0.490 e. The number of alkyl halides is 6. The minimum atomic E-state index is -5.08. The molecular formula is C36H26Cl2F6N4O10. The molecule has 0 unspecified atom stereocenters. The van der Waals surface area contributed by atoms with E-state index in [9.17, 15) is 35.9 Å². The highest BCUT2D eigenvalue weighted by atomic mass is 35.5. The third-order valence-corrected chi connectivity index (χ3v) is 7.82. The molecule has 0 radical (unpaired) electrons. The molecule has 14 nitrogen and oxygen atoms in total. The van der Waals surface area contributed by atoms with Crippen LogP contribution in [-0.2, 0) is 19.2 Å². The van der Waals surface area contributed by atoms with Crippen molar-refractivity contribution >= 4 is 102 Å². The van der Waals surface area contributed by atoms with Crippen molar-refractivity contribution in [3.63, 3.8) is 0 Å². The summed E-state index contributed by atoms with van der Waals surface area (Å²) in [6, 6.07) is 21.4. The Balaban J connectivity index is 0.000000456. The second kappa shape index (κ2) is 18.6. The molecule has 6 rings (SSSR count). The van der Waals surface area contributed by atoms with Crippen LogP contribution in [0.25, 0.3) is 43.6 Å². The van der Waals surface area contributed by atoms with Crippen molar-refractivity contribution in [1.82, 2.24) is 9.97 Å². The molecule has 22 heteroatoms. The Hall–Kier alpha value is -6.54. The molecule has 0 atom stereocenters. The van der Waals surface area contributed by atoms with E-state index in [1.165, 1.54) is 0 Å². The van der Waals surface area contributed by atoms with E-state index >= 15 is 0 Å². The Kier molecular flexibility index (Phi) is 14.2. The average Bonchev–Trinajstić information content (AvgIpc) is 3.13. The minimum absolute atomic E-state index is 0.408. The smallest absolute Gasteiger partial charge is 0.482 e. The lowest BCUT2D eigenvalue weighted by atomic mass is 10.1. The van der Waals surface area contributed by atoms with Crippen LogP contribution in [-0.4, -0.2) is 92.9 Å². The molecule has 6 aromatic rings. The van der Waals surface area contributed by atoms with Crippen molar-refractivity contribution < 1.29 is 75.4 Å². The van der Waals surface area contributed by atoms with E-state index in [-0.39, 0.29) is 0 Å². The van der Waals surface area contributed by atoms with Crippen LogP contribution in [0.15, 0.2) is 72.8 Å². The third kappa shape index (κ3) is 12.0. The van der Waals surface area contributed by atoms with Crippen LogP contribution >= 0.6 is 23.2 Å². The van der Waals surface area contributed by atoms with Crippen molar-refractivity contribution in [2.75, 3.05) is 36.9 Å². The first-order valence-electron chi connectivity index (χ1n) is 16.0. The quantitative estimate of drug-likeness (QED) is 0.0412. The molecule has 306 valence electrons. The Bertz CT molecular complexity index is 2350. The lowest BCUT2D eigenvalue weighted by Crippen LogP contribution is -2.21. The predicted molar refractivity (Wildman–Crippen MR) is 199 cm³/mol. The average molecular weight is 860 g/mol. The number of hydrogen-bond donors (Lipinski definition) is 6. The highest BCUT2D eigenvalue weighted by molar-refractivity contribution is 6.32. The van der Waals surface area contributed by atoms with E-state index in [4.69, 9.17) is 72.7 Å². The van der Waals surface area contributed by atoms with Crippen LogP contribution in [0.2, 0.25) is 10.0 Å². The molecule has 0 saturated carbocycles. The van der Waals surface area contributed by atoms with Gasteiger partial charge in [-0.1, -0.05) is 23.2 Å². The van der Waals surface area contributed by atoms with Crippen LogP contribution in [0, 0.1) is 0 Å². The Morgan fingerprint density at radius 3 is 1.19 bits per heavy atom. The summed E-state index contributed by atoms with van der Waals surface area (Å²) in [6.45, 7) is 0.0319. The number of carboxylic acids is 4. The zero-order valence-corrected chi connectivity index (χ0v) is 30.4. The molecule has 6 N–H and O–H groups in total. The fraction of sp³-hybridized carbons (Fsp3) is 0.167. The van der Waals surface area contributed by atoms with Crippen molar-refractivity contribution in [2.24, 2.45) is 0 Å². The lowest BCUT2D eigenvalue weighted by molar-refractivity contribution is -0.193. The van der Waals surface area contributed by atoms with Crippen LogP contribution in [0.1, 0.15) is 0 Å². The Morgan fingerprint density at radius 2 is 0.879 bits per heavy atom. The van der Waals surface area contributed by atoms with E-state index in [0.29, 0.717) is 56.7 Å². The first kappa shape index (κ1) is 44.2. The molecule has 58 heavy (non-hydrogen) atoms. The van der Waals surface area contributed by atoms with Crippen molar-refractivity contribution in [3.8, 4) is 11.5 Å². The van der Waals surface area contributed by atoms with Gasteiger partial charge in [-0.15, -0.1) is 0 Å². The largest absolute Gasteiger partial charge is 0.490 e.